The van der Waals surface area contributed by atoms with Crippen LogP contribution in [0.15, 0.2) is 16.6 Å². The number of halogens is 3. The lowest BCUT2D eigenvalue weighted by atomic mass is 10.6. The summed E-state index contributed by atoms with van der Waals surface area (Å²) in [5, 5.41) is 9.81. The van der Waals surface area contributed by atoms with Crippen molar-refractivity contribution in [2.24, 2.45) is 0 Å². The molecule has 0 radical (unpaired) electrons. The van der Waals surface area contributed by atoms with Crippen LogP contribution in [0.5, 0.6) is 0 Å². The summed E-state index contributed by atoms with van der Waals surface area (Å²) >= 11 is 1.09. The van der Waals surface area contributed by atoms with Crippen LogP contribution in [0.4, 0.5) is 19.0 Å². The predicted molar refractivity (Wildman–Crippen MR) is 69.4 cm³/mol. The van der Waals surface area contributed by atoms with Gasteiger partial charge in [-0.05, 0) is 0 Å². The van der Waals surface area contributed by atoms with Crippen LogP contribution in [0.2, 0.25) is 0 Å². The first-order valence-electron chi connectivity index (χ1n) is 5.55. The zero-order valence-electron chi connectivity index (χ0n) is 10.4. The SMILES string of the molecule is Nc1nc2sccn2c1S(=O)(=O)N(CCO)CC(F)(F)F. The number of hydrogen-bond acceptors (Lipinski definition) is 6. The van der Waals surface area contributed by atoms with Crippen LogP contribution in [-0.4, -0.2) is 53.1 Å². The Labute approximate surface area is 121 Å². The van der Waals surface area contributed by atoms with Gasteiger partial charge in [0.05, 0.1) is 6.61 Å². The first-order valence-corrected chi connectivity index (χ1v) is 7.87. The minimum Gasteiger partial charge on any atom is -0.395 e. The molecule has 0 aliphatic rings. The molecule has 0 aromatic carbocycles. The van der Waals surface area contributed by atoms with Gasteiger partial charge in [0.2, 0.25) is 0 Å². The molecular formula is C9H11F3N4O3S2. The van der Waals surface area contributed by atoms with E-state index in [1.54, 1.807) is 0 Å². The average molecular weight is 344 g/mol. The first-order chi connectivity index (χ1) is 9.66. The van der Waals surface area contributed by atoms with Gasteiger partial charge in [-0.25, -0.2) is 13.4 Å². The number of nitrogens with zero attached hydrogens (tertiary/aromatic N) is 3. The fourth-order valence-electron chi connectivity index (χ4n) is 1.76. The zero-order valence-corrected chi connectivity index (χ0v) is 12.0. The van der Waals surface area contributed by atoms with E-state index in [4.69, 9.17) is 10.8 Å². The molecule has 0 saturated heterocycles. The smallest absolute Gasteiger partial charge is 0.395 e. The Bertz CT molecular complexity index is 737. The Morgan fingerprint density at radius 3 is 2.71 bits per heavy atom. The summed E-state index contributed by atoms with van der Waals surface area (Å²) in [5.74, 6) is -0.382. The predicted octanol–water partition coefficient (Wildman–Crippen LogP) is 0.523. The highest BCUT2D eigenvalue weighted by molar-refractivity contribution is 7.89. The summed E-state index contributed by atoms with van der Waals surface area (Å²) in [4.78, 5) is 4.04. The third kappa shape index (κ3) is 3.12. The summed E-state index contributed by atoms with van der Waals surface area (Å²) in [6.07, 6.45) is -3.39. The number of aliphatic hydroxyl groups is 1. The van der Waals surface area contributed by atoms with Gasteiger partial charge in [-0.1, -0.05) is 0 Å². The number of anilines is 1. The molecule has 0 atom stereocenters. The third-order valence-corrected chi connectivity index (χ3v) is 5.18. The number of nitrogen functional groups attached to an aromatic ring is 1. The Hall–Kier alpha value is -1.37. The average Bonchev–Trinajstić information content (AvgIpc) is 2.85. The molecule has 2 aromatic rings. The number of aromatic nitrogens is 2. The minimum atomic E-state index is -4.74. The molecule has 0 aliphatic carbocycles. The van der Waals surface area contributed by atoms with Gasteiger partial charge in [-0.2, -0.15) is 17.5 Å². The highest BCUT2D eigenvalue weighted by Crippen LogP contribution is 2.28. The van der Waals surface area contributed by atoms with Crippen molar-refractivity contribution in [3.8, 4) is 0 Å². The van der Waals surface area contributed by atoms with Gasteiger partial charge in [-0.3, -0.25) is 4.40 Å². The number of rotatable bonds is 5. The Kier molecular flexibility index (Phi) is 4.15. The molecule has 21 heavy (non-hydrogen) atoms. The molecule has 0 amide bonds. The molecule has 12 heteroatoms. The monoisotopic (exact) mass is 344 g/mol. The summed E-state index contributed by atoms with van der Waals surface area (Å²) in [5.41, 5.74) is 5.51. The number of fused-ring (bicyclic) bond motifs is 1. The van der Waals surface area contributed by atoms with Crippen molar-refractivity contribution in [3.05, 3.63) is 11.6 Å². The van der Waals surface area contributed by atoms with E-state index in [-0.39, 0.29) is 15.1 Å². The lowest BCUT2D eigenvalue weighted by Gasteiger charge is -2.22. The second-order valence-corrected chi connectivity index (χ2v) is 6.76. The maximum Gasteiger partial charge on any atom is 0.402 e. The van der Waals surface area contributed by atoms with E-state index in [9.17, 15) is 21.6 Å². The van der Waals surface area contributed by atoms with Crippen LogP contribution in [0.3, 0.4) is 0 Å². The quantitative estimate of drug-likeness (QED) is 0.824. The second kappa shape index (κ2) is 5.44. The van der Waals surface area contributed by atoms with Crippen molar-refractivity contribution in [2.45, 2.75) is 11.2 Å². The van der Waals surface area contributed by atoms with Gasteiger partial charge in [0.1, 0.15) is 6.54 Å². The fraction of sp³-hybridized carbons (Fsp3) is 0.444. The lowest BCUT2D eigenvalue weighted by molar-refractivity contribution is -0.136. The maximum atomic E-state index is 12.5. The van der Waals surface area contributed by atoms with Crippen molar-refractivity contribution in [1.29, 1.82) is 0 Å². The highest BCUT2D eigenvalue weighted by atomic mass is 32.2. The second-order valence-electron chi connectivity index (χ2n) is 4.04. The van der Waals surface area contributed by atoms with E-state index < -0.39 is 40.9 Å². The normalized spacial score (nSPS) is 13.4. The summed E-state index contributed by atoms with van der Waals surface area (Å²) < 4.78 is 63.5. The summed E-state index contributed by atoms with van der Waals surface area (Å²) in [6.45, 7) is -3.16. The highest BCUT2D eigenvalue weighted by Gasteiger charge is 2.39. The Morgan fingerprint density at radius 2 is 2.14 bits per heavy atom. The maximum absolute atomic E-state index is 12.5. The third-order valence-electron chi connectivity index (χ3n) is 2.53. The van der Waals surface area contributed by atoms with Gasteiger partial charge in [0, 0.05) is 18.1 Å². The lowest BCUT2D eigenvalue weighted by Crippen LogP contribution is -2.41. The number of hydrogen-bond donors (Lipinski definition) is 2. The van der Waals surface area contributed by atoms with Crippen molar-refractivity contribution in [3.63, 3.8) is 0 Å². The van der Waals surface area contributed by atoms with Crippen molar-refractivity contribution in [1.82, 2.24) is 13.7 Å². The molecular weight excluding hydrogens is 333 g/mol. The van der Waals surface area contributed by atoms with E-state index in [2.05, 4.69) is 4.98 Å². The molecule has 118 valence electrons. The van der Waals surface area contributed by atoms with E-state index in [1.165, 1.54) is 11.6 Å². The zero-order chi connectivity index (χ0) is 15.8. The van der Waals surface area contributed by atoms with E-state index in [0.717, 1.165) is 15.7 Å². The molecule has 3 N–H and O–H groups in total. The van der Waals surface area contributed by atoms with Gasteiger partial charge in [-0.15, -0.1) is 11.3 Å². The number of aliphatic hydroxyl groups excluding tert-OH is 1. The number of alkyl halides is 3. The van der Waals surface area contributed by atoms with Crippen molar-refractivity contribution in [2.75, 3.05) is 25.4 Å². The van der Waals surface area contributed by atoms with Gasteiger partial charge >= 0.3 is 6.18 Å². The molecule has 2 heterocycles. The van der Waals surface area contributed by atoms with Crippen molar-refractivity contribution < 1.29 is 26.7 Å². The fourth-order valence-corrected chi connectivity index (χ4v) is 4.12. The molecule has 2 aromatic heterocycles. The molecule has 0 bridgehead atoms. The largest absolute Gasteiger partial charge is 0.402 e. The van der Waals surface area contributed by atoms with E-state index >= 15 is 0 Å². The van der Waals surface area contributed by atoms with Crippen LogP contribution in [0.1, 0.15) is 0 Å². The number of sulfonamides is 1. The van der Waals surface area contributed by atoms with Gasteiger partial charge in [0.15, 0.2) is 15.8 Å². The van der Waals surface area contributed by atoms with Crippen LogP contribution in [-0.2, 0) is 10.0 Å². The standard InChI is InChI=1S/C9H11F3N4O3S2/c10-9(11,12)5-15(1-3-17)21(18,19)7-6(13)14-8-16(7)2-4-20-8/h2,4,17H,1,3,5,13H2. The Balaban J connectivity index is 2.52. The molecule has 0 unspecified atom stereocenters. The minimum absolute atomic E-state index is 0.129. The van der Waals surface area contributed by atoms with Gasteiger partial charge < -0.3 is 10.8 Å². The molecule has 2 rings (SSSR count). The van der Waals surface area contributed by atoms with E-state index in [0.29, 0.717) is 0 Å². The molecule has 0 fully saturated rings. The van der Waals surface area contributed by atoms with Crippen LogP contribution >= 0.6 is 11.3 Å². The van der Waals surface area contributed by atoms with Crippen LogP contribution in [0.25, 0.3) is 4.96 Å². The Morgan fingerprint density at radius 1 is 1.48 bits per heavy atom. The molecule has 0 aliphatic heterocycles. The van der Waals surface area contributed by atoms with Gasteiger partial charge in [0.25, 0.3) is 10.0 Å². The van der Waals surface area contributed by atoms with Crippen LogP contribution < -0.4 is 5.73 Å². The summed E-state index contributed by atoms with van der Waals surface area (Å²) in [6, 6.07) is 0. The molecule has 0 spiro atoms. The molecule has 0 saturated carbocycles. The van der Waals surface area contributed by atoms with Crippen molar-refractivity contribution >= 4 is 32.1 Å². The van der Waals surface area contributed by atoms with E-state index in [1.807, 2.05) is 0 Å². The first kappa shape index (κ1) is 16.0. The molecule has 7 nitrogen and oxygen atoms in total. The number of thiazole rings is 1. The van der Waals surface area contributed by atoms with Crippen LogP contribution in [0, 0.1) is 0 Å². The topological polar surface area (TPSA) is 101 Å². The number of imidazole rings is 1. The number of nitrogens with two attached hydrogens (primary N) is 1. The summed E-state index contributed by atoms with van der Waals surface area (Å²) in [7, 11) is -4.54.